The van der Waals surface area contributed by atoms with Gasteiger partial charge in [0.25, 0.3) is 0 Å². The summed E-state index contributed by atoms with van der Waals surface area (Å²) in [4.78, 5) is 24.2. The first-order chi connectivity index (χ1) is 12.0. The summed E-state index contributed by atoms with van der Waals surface area (Å²) in [5.74, 6) is 0.601. The second kappa shape index (κ2) is 7.37. The fourth-order valence-electron chi connectivity index (χ4n) is 3.57. The Balaban J connectivity index is 1.83. The van der Waals surface area contributed by atoms with Crippen LogP contribution >= 0.6 is 11.6 Å². The van der Waals surface area contributed by atoms with E-state index in [9.17, 15) is 4.79 Å². The Bertz CT molecular complexity index is 743. The van der Waals surface area contributed by atoms with Crippen LogP contribution in [0.15, 0.2) is 30.3 Å². The summed E-state index contributed by atoms with van der Waals surface area (Å²) in [5.41, 5.74) is 7.34. The van der Waals surface area contributed by atoms with Crippen molar-refractivity contribution in [3.8, 4) is 0 Å². The van der Waals surface area contributed by atoms with Gasteiger partial charge < -0.3 is 10.6 Å². The molecule has 2 aromatic rings. The number of hydrogen-bond donors (Lipinski definition) is 1. The largest absolute Gasteiger partial charge is 0.368 e. The van der Waals surface area contributed by atoms with Crippen molar-refractivity contribution < 1.29 is 4.79 Å². The maximum absolute atomic E-state index is 11.5. The average molecular weight is 360 g/mol. The van der Waals surface area contributed by atoms with Crippen molar-refractivity contribution in [1.29, 1.82) is 0 Å². The topological polar surface area (TPSA) is 75.3 Å². The van der Waals surface area contributed by atoms with Gasteiger partial charge in [-0.25, -0.2) is 4.98 Å². The fraction of sp³-hybridized carbons (Fsp3) is 0.389. The zero-order chi connectivity index (χ0) is 18.0. The minimum absolute atomic E-state index is 0.0803. The molecule has 7 heteroatoms. The van der Waals surface area contributed by atoms with Gasteiger partial charge in [0.1, 0.15) is 11.0 Å². The smallest absolute Gasteiger partial charge is 0.223 e. The second-order valence-corrected chi connectivity index (χ2v) is 6.87. The molecule has 0 unspecified atom stereocenters. The lowest BCUT2D eigenvalue weighted by molar-refractivity contribution is 0.112. The summed E-state index contributed by atoms with van der Waals surface area (Å²) >= 11 is 6.09. The zero-order valence-electron chi connectivity index (χ0n) is 14.4. The minimum atomic E-state index is 0.0803. The first-order valence-corrected chi connectivity index (χ1v) is 8.70. The number of benzene rings is 1. The van der Waals surface area contributed by atoms with E-state index in [2.05, 4.69) is 57.9 Å². The van der Waals surface area contributed by atoms with Crippen LogP contribution in [-0.2, 0) is 6.54 Å². The van der Waals surface area contributed by atoms with E-state index in [0.717, 1.165) is 19.6 Å². The SMILES string of the molecule is C[C@H]1CN(Cc2ccccc2)C[C@H](C)N1c1nc(N)nc(Cl)c1C=O. The van der Waals surface area contributed by atoms with Gasteiger partial charge in [0.15, 0.2) is 6.29 Å². The van der Waals surface area contributed by atoms with Crippen LogP contribution in [0, 0.1) is 0 Å². The van der Waals surface area contributed by atoms with Crippen LogP contribution in [0.25, 0.3) is 0 Å². The summed E-state index contributed by atoms with van der Waals surface area (Å²) in [6.45, 7) is 6.86. The Morgan fingerprint density at radius 1 is 1.20 bits per heavy atom. The Kier molecular flexibility index (Phi) is 5.20. The Hall–Kier alpha value is -2.18. The van der Waals surface area contributed by atoms with Crippen LogP contribution in [0.1, 0.15) is 29.8 Å². The van der Waals surface area contributed by atoms with E-state index >= 15 is 0 Å². The maximum Gasteiger partial charge on any atom is 0.223 e. The van der Waals surface area contributed by atoms with Gasteiger partial charge >= 0.3 is 0 Å². The molecule has 1 aromatic carbocycles. The number of hydrogen-bond acceptors (Lipinski definition) is 6. The zero-order valence-corrected chi connectivity index (χ0v) is 15.1. The van der Waals surface area contributed by atoms with Gasteiger partial charge in [0, 0.05) is 31.7 Å². The highest BCUT2D eigenvalue weighted by Crippen LogP contribution is 2.29. The number of aromatic nitrogens is 2. The minimum Gasteiger partial charge on any atom is -0.368 e. The van der Waals surface area contributed by atoms with Gasteiger partial charge in [0.2, 0.25) is 5.95 Å². The van der Waals surface area contributed by atoms with E-state index in [0.29, 0.717) is 17.7 Å². The van der Waals surface area contributed by atoms with Crippen molar-refractivity contribution in [2.24, 2.45) is 0 Å². The predicted molar refractivity (Wildman–Crippen MR) is 100.0 cm³/mol. The van der Waals surface area contributed by atoms with Gasteiger partial charge in [-0.05, 0) is 19.4 Å². The highest BCUT2D eigenvalue weighted by molar-refractivity contribution is 6.32. The van der Waals surface area contributed by atoms with Crippen LogP contribution in [0.5, 0.6) is 0 Å². The summed E-state index contributed by atoms with van der Waals surface area (Å²) in [6.07, 6.45) is 0.701. The molecule has 2 heterocycles. The highest BCUT2D eigenvalue weighted by atomic mass is 35.5. The molecule has 0 saturated carbocycles. The van der Waals surface area contributed by atoms with Crippen molar-refractivity contribution in [3.63, 3.8) is 0 Å². The summed E-state index contributed by atoms with van der Waals surface area (Å²) in [7, 11) is 0. The molecule has 0 spiro atoms. The maximum atomic E-state index is 11.5. The van der Waals surface area contributed by atoms with Crippen LogP contribution in [0.4, 0.5) is 11.8 Å². The number of rotatable bonds is 4. The van der Waals surface area contributed by atoms with Crippen LogP contribution in [0.2, 0.25) is 5.15 Å². The van der Waals surface area contributed by atoms with Crippen molar-refractivity contribution in [3.05, 3.63) is 46.6 Å². The van der Waals surface area contributed by atoms with Crippen molar-refractivity contribution in [1.82, 2.24) is 14.9 Å². The van der Waals surface area contributed by atoms with Crippen molar-refractivity contribution in [2.75, 3.05) is 23.7 Å². The second-order valence-electron chi connectivity index (χ2n) is 6.51. The third-order valence-corrected chi connectivity index (χ3v) is 4.79. The van der Waals surface area contributed by atoms with E-state index < -0.39 is 0 Å². The Morgan fingerprint density at radius 3 is 2.44 bits per heavy atom. The number of aldehydes is 1. The fourth-order valence-corrected chi connectivity index (χ4v) is 3.78. The first kappa shape index (κ1) is 17.6. The van der Waals surface area contributed by atoms with Crippen LogP contribution < -0.4 is 10.6 Å². The quantitative estimate of drug-likeness (QED) is 0.668. The predicted octanol–water partition coefficient (Wildman–Crippen LogP) is 2.62. The summed E-state index contributed by atoms with van der Waals surface area (Å²) in [5, 5.41) is 0.101. The molecule has 0 aliphatic carbocycles. The normalized spacial score (nSPS) is 21.3. The van der Waals surface area contributed by atoms with Gasteiger partial charge in [-0.1, -0.05) is 41.9 Å². The number of piperazine rings is 1. The lowest BCUT2D eigenvalue weighted by Crippen LogP contribution is -2.57. The molecule has 1 fully saturated rings. The number of nitrogen functional groups attached to an aromatic ring is 1. The van der Waals surface area contributed by atoms with E-state index in [-0.39, 0.29) is 23.2 Å². The van der Waals surface area contributed by atoms with E-state index in [4.69, 9.17) is 17.3 Å². The molecule has 1 aliphatic rings. The van der Waals surface area contributed by atoms with E-state index in [1.165, 1.54) is 5.56 Å². The summed E-state index contributed by atoms with van der Waals surface area (Å²) in [6, 6.07) is 10.7. The lowest BCUT2D eigenvalue weighted by Gasteiger charge is -2.45. The molecule has 1 aliphatic heterocycles. The lowest BCUT2D eigenvalue weighted by atomic mass is 10.1. The van der Waals surface area contributed by atoms with Crippen LogP contribution in [-0.4, -0.2) is 46.3 Å². The van der Waals surface area contributed by atoms with Gasteiger partial charge in [-0.2, -0.15) is 4.98 Å². The molecular formula is C18H22ClN5O. The van der Waals surface area contributed by atoms with Gasteiger partial charge in [0.05, 0.1) is 5.56 Å². The van der Waals surface area contributed by atoms with Crippen molar-refractivity contribution >= 4 is 29.7 Å². The number of halogens is 1. The average Bonchev–Trinajstić information content (AvgIpc) is 2.55. The monoisotopic (exact) mass is 359 g/mol. The summed E-state index contributed by atoms with van der Waals surface area (Å²) < 4.78 is 0. The number of carbonyl (C=O) groups excluding carboxylic acids is 1. The molecule has 6 nitrogen and oxygen atoms in total. The molecule has 0 radical (unpaired) electrons. The third-order valence-electron chi connectivity index (χ3n) is 4.50. The molecule has 3 rings (SSSR count). The number of carbonyl (C=O) groups is 1. The molecule has 0 amide bonds. The number of anilines is 2. The third kappa shape index (κ3) is 3.75. The molecule has 25 heavy (non-hydrogen) atoms. The molecule has 132 valence electrons. The standard InChI is InChI=1S/C18H22ClN5O/c1-12-8-23(10-14-6-4-3-5-7-14)9-13(2)24(12)17-15(11-25)16(19)21-18(20)22-17/h3-7,11-13H,8-10H2,1-2H3,(H2,20,21,22)/t12-,13-/m0/s1. The number of nitrogens with two attached hydrogens (primary N) is 1. The van der Waals surface area contributed by atoms with E-state index in [1.807, 2.05) is 6.07 Å². The highest BCUT2D eigenvalue weighted by Gasteiger charge is 2.32. The Labute approximate surface area is 152 Å². The molecule has 0 bridgehead atoms. The molecule has 2 atom stereocenters. The van der Waals surface area contributed by atoms with Gasteiger partial charge in [-0.15, -0.1) is 0 Å². The number of nitrogens with zero attached hydrogens (tertiary/aromatic N) is 4. The first-order valence-electron chi connectivity index (χ1n) is 8.32. The Morgan fingerprint density at radius 2 is 1.84 bits per heavy atom. The molecule has 1 aromatic heterocycles. The molecule has 2 N–H and O–H groups in total. The molecule has 1 saturated heterocycles. The van der Waals surface area contributed by atoms with Crippen LogP contribution in [0.3, 0.4) is 0 Å². The van der Waals surface area contributed by atoms with Crippen molar-refractivity contribution in [2.45, 2.75) is 32.5 Å². The van der Waals surface area contributed by atoms with E-state index in [1.54, 1.807) is 0 Å². The van der Waals surface area contributed by atoms with Gasteiger partial charge in [-0.3, -0.25) is 9.69 Å². The molecular weight excluding hydrogens is 338 g/mol.